The molecule has 0 aromatic heterocycles. The van der Waals surface area contributed by atoms with Crippen molar-refractivity contribution in [3.63, 3.8) is 0 Å². The zero-order valence-electron chi connectivity index (χ0n) is 11.0. The first-order valence-electron chi connectivity index (χ1n) is 6.58. The second kappa shape index (κ2) is 5.85. The van der Waals surface area contributed by atoms with Crippen LogP contribution in [0.15, 0.2) is 24.3 Å². The van der Waals surface area contributed by atoms with Gasteiger partial charge in [0.15, 0.2) is 0 Å². The predicted molar refractivity (Wildman–Crippen MR) is 71.5 cm³/mol. The van der Waals surface area contributed by atoms with E-state index in [-0.39, 0.29) is 12.0 Å². The molecule has 1 saturated heterocycles. The summed E-state index contributed by atoms with van der Waals surface area (Å²) >= 11 is 0. The number of benzene rings is 1. The molecule has 1 unspecified atom stereocenters. The third kappa shape index (κ3) is 3.12. The lowest BCUT2D eigenvalue weighted by molar-refractivity contribution is -0.143. The second-order valence-electron chi connectivity index (χ2n) is 5.06. The van der Waals surface area contributed by atoms with E-state index in [4.69, 9.17) is 10.4 Å². The Morgan fingerprint density at radius 2 is 1.95 bits per heavy atom. The van der Waals surface area contributed by atoms with Crippen molar-refractivity contribution in [2.75, 3.05) is 13.1 Å². The molecule has 100 valence electrons. The molecule has 2 rings (SSSR count). The number of nitrogens with zero attached hydrogens (tertiary/aromatic N) is 2. The predicted octanol–water partition coefficient (Wildman–Crippen LogP) is 2.42. The number of piperidine rings is 1. The van der Waals surface area contributed by atoms with Gasteiger partial charge in [-0.2, -0.15) is 5.26 Å². The molecule has 4 nitrogen and oxygen atoms in total. The average molecular weight is 258 g/mol. The van der Waals surface area contributed by atoms with Gasteiger partial charge in [-0.25, -0.2) is 0 Å². The van der Waals surface area contributed by atoms with E-state index in [1.165, 1.54) is 5.56 Å². The van der Waals surface area contributed by atoms with E-state index in [9.17, 15) is 4.79 Å². The van der Waals surface area contributed by atoms with Crippen LogP contribution in [0, 0.1) is 17.2 Å². The number of hydrogen-bond acceptors (Lipinski definition) is 3. The Hall–Kier alpha value is -1.86. The van der Waals surface area contributed by atoms with Crippen LogP contribution in [-0.2, 0) is 4.79 Å². The summed E-state index contributed by atoms with van der Waals surface area (Å²) in [7, 11) is 0. The average Bonchev–Trinajstić information content (AvgIpc) is 2.46. The van der Waals surface area contributed by atoms with Crippen LogP contribution in [0.5, 0.6) is 0 Å². The molecule has 1 fully saturated rings. The Balaban J connectivity index is 1.99. The Morgan fingerprint density at radius 1 is 1.37 bits per heavy atom. The van der Waals surface area contributed by atoms with Crippen LogP contribution in [0.4, 0.5) is 0 Å². The number of carboxylic acid groups (broad SMARTS) is 1. The molecule has 1 atom stereocenters. The molecule has 1 aliphatic rings. The molecule has 0 bridgehead atoms. The first-order valence-corrected chi connectivity index (χ1v) is 6.58. The summed E-state index contributed by atoms with van der Waals surface area (Å²) in [4.78, 5) is 13.2. The molecule has 0 amide bonds. The fourth-order valence-corrected chi connectivity index (χ4v) is 2.58. The van der Waals surface area contributed by atoms with Gasteiger partial charge in [0.25, 0.3) is 0 Å². The van der Waals surface area contributed by atoms with Crippen LogP contribution in [0.3, 0.4) is 0 Å². The molecule has 0 spiro atoms. The highest BCUT2D eigenvalue weighted by Crippen LogP contribution is 2.26. The SMILES string of the molecule is CC(c1ccc(C#N)cc1)N1CCC(C(=O)O)CC1. The summed E-state index contributed by atoms with van der Waals surface area (Å²) in [5.41, 5.74) is 1.84. The standard InChI is InChI=1S/C15H18N2O2/c1-11(13-4-2-12(10-16)3-5-13)17-8-6-14(7-9-17)15(18)19/h2-5,11,14H,6-9H2,1H3,(H,18,19). The van der Waals surface area contributed by atoms with Crippen LogP contribution >= 0.6 is 0 Å². The van der Waals surface area contributed by atoms with Crippen molar-refractivity contribution in [1.29, 1.82) is 5.26 Å². The number of rotatable bonds is 3. The molecule has 0 aliphatic carbocycles. The Labute approximate surface area is 113 Å². The summed E-state index contributed by atoms with van der Waals surface area (Å²) in [6, 6.07) is 9.99. The van der Waals surface area contributed by atoms with Crippen LogP contribution in [0.2, 0.25) is 0 Å². The highest BCUT2D eigenvalue weighted by molar-refractivity contribution is 5.70. The van der Waals surface area contributed by atoms with Gasteiger partial charge in [0, 0.05) is 6.04 Å². The quantitative estimate of drug-likeness (QED) is 0.904. The lowest BCUT2D eigenvalue weighted by Crippen LogP contribution is -2.37. The van der Waals surface area contributed by atoms with Crippen LogP contribution in [-0.4, -0.2) is 29.1 Å². The molecule has 0 radical (unpaired) electrons. The second-order valence-corrected chi connectivity index (χ2v) is 5.06. The molecule has 1 aliphatic heterocycles. The van der Waals surface area contributed by atoms with E-state index >= 15 is 0 Å². The molecule has 1 heterocycles. The van der Waals surface area contributed by atoms with Crippen molar-refractivity contribution in [2.24, 2.45) is 5.92 Å². The van der Waals surface area contributed by atoms with E-state index in [1.807, 2.05) is 24.3 Å². The smallest absolute Gasteiger partial charge is 0.306 e. The van der Waals surface area contributed by atoms with Crippen molar-refractivity contribution >= 4 is 5.97 Å². The number of aliphatic carboxylic acids is 1. The molecule has 19 heavy (non-hydrogen) atoms. The van der Waals surface area contributed by atoms with Crippen molar-refractivity contribution in [1.82, 2.24) is 4.90 Å². The maximum absolute atomic E-state index is 10.9. The van der Waals surface area contributed by atoms with E-state index in [0.717, 1.165) is 25.9 Å². The van der Waals surface area contributed by atoms with Crippen molar-refractivity contribution in [2.45, 2.75) is 25.8 Å². The minimum Gasteiger partial charge on any atom is -0.481 e. The summed E-state index contributed by atoms with van der Waals surface area (Å²) in [5.74, 6) is -0.866. The maximum atomic E-state index is 10.9. The van der Waals surface area contributed by atoms with E-state index < -0.39 is 5.97 Å². The number of carbonyl (C=O) groups is 1. The van der Waals surface area contributed by atoms with E-state index in [2.05, 4.69) is 17.9 Å². The lowest BCUT2D eigenvalue weighted by Gasteiger charge is -2.35. The van der Waals surface area contributed by atoms with Gasteiger partial charge in [0.2, 0.25) is 0 Å². The van der Waals surface area contributed by atoms with Crippen LogP contribution in [0.25, 0.3) is 0 Å². The van der Waals surface area contributed by atoms with Crippen LogP contribution in [0.1, 0.15) is 36.9 Å². The molecule has 1 aromatic rings. The largest absolute Gasteiger partial charge is 0.481 e. The van der Waals surface area contributed by atoms with E-state index in [1.54, 1.807) is 0 Å². The van der Waals surface area contributed by atoms with Gasteiger partial charge >= 0.3 is 5.97 Å². The summed E-state index contributed by atoms with van der Waals surface area (Å²) in [5, 5.41) is 17.8. The topological polar surface area (TPSA) is 64.3 Å². The van der Waals surface area contributed by atoms with Crippen molar-refractivity contribution in [3.8, 4) is 6.07 Å². The molecular weight excluding hydrogens is 240 g/mol. The molecular formula is C15H18N2O2. The highest BCUT2D eigenvalue weighted by Gasteiger charge is 2.27. The van der Waals surface area contributed by atoms with Crippen LogP contribution < -0.4 is 0 Å². The zero-order valence-corrected chi connectivity index (χ0v) is 11.0. The third-order valence-electron chi connectivity index (χ3n) is 3.95. The maximum Gasteiger partial charge on any atom is 0.306 e. The molecule has 1 aromatic carbocycles. The number of hydrogen-bond donors (Lipinski definition) is 1. The van der Waals surface area contributed by atoms with Gasteiger partial charge in [0.05, 0.1) is 17.6 Å². The monoisotopic (exact) mass is 258 g/mol. The number of likely N-dealkylation sites (tertiary alicyclic amines) is 1. The minimum absolute atomic E-state index is 0.190. The Morgan fingerprint density at radius 3 is 2.42 bits per heavy atom. The third-order valence-corrected chi connectivity index (χ3v) is 3.95. The highest BCUT2D eigenvalue weighted by atomic mass is 16.4. The van der Waals surface area contributed by atoms with E-state index in [0.29, 0.717) is 5.56 Å². The van der Waals surface area contributed by atoms with Gasteiger partial charge in [0.1, 0.15) is 0 Å². The summed E-state index contributed by atoms with van der Waals surface area (Å²) in [6.07, 6.45) is 1.44. The first kappa shape index (κ1) is 13.6. The van der Waals surface area contributed by atoms with Gasteiger partial charge in [-0.05, 0) is 50.6 Å². The Kier molecular flexibility index (Phi) is 4.18. The summed E-state index contributed by atoms with van der Waals surface area (Å²) < 4.78 is 0. The van der Waals surface area contributed by atoms with Crippen molar-refractivity contribution in [3.05, 3.63) is 35.4 Å². The Bertz CT molecular complexity index is 482. The zero-order chi connectivity index (χ0) is 13.8. The molecule has 0 saturated carbocycles. The number of nitriles is 1. The summed E-state index contributed by atoms with van der Waals surface area (Å²) in [6.45, 7) is 3.76. The lowest BCUT2D eigenvalue weighted by atomic mass is 9.94. The van der Waals surface area contributed by atoms with Gasteiger partial charge in [-0.15, -0.1) is 0 Å². The van der Waals surface area contributed by atoms with Crippen molar-refractivity contribution < 1.29 is 9.90 Å². The first-order chi connectivity index (χ1) is 9.11. The molecule has 1 N–H and O–H groups in total. The molecule has 4 heteroatoms. The fraction of sp³-hybridized carbons (Fsp3) is 0.467. The number of carboxylic acids is 1. The van der Waals surface area contributed by atoms with Gasteiger partial charge in [-0.3, -0.25) is 9.69 Å². The van der Waals surface area contributed by atoms with Gasteiger partial charge < -0.3 is 5.11 Å². The fourth-order valence-electron chi connectivity index (χ4n) is 2.58. The van der Waals surface area contributed by atoms with Gasteiger partial charge in [-0.1, -0.05) is 12.1 Å². The minimum atomic E-state index is -0.675. The normalized spacial score (nSPS) is 18.7.